The standard InChI is InChI=1S/C15H24N4O10/c16-7(6-20)13(26)19-8(1-3-11(22)23)14(27)17-5-10(21)18-9(15(28)29)2-4-12(24)25/h7-9,20H,1-6,16H2,(H,17,27)(H,18,21)(H,19,26)(H,22,23)(H,24,25)(H,28,29). The van der Waals surface area contributed by atoms with Crippen molar-refractivity contribution in [3.8, 4) is 0 Å². The van der Waals surface area contributed by atoms with Crippen LogP contribution in [0.5, 0.6) is 0 Å². The van der Waals surface area contributed by atoms with Crippen molar-refractivity contribution in [1.82, 2.24) is 16.0 Å². The Balaban J connectivity index is 4.82. The second kappa shape index (κ2) is 13.0. The largest absolute Gasteiger partial charge is 0.481 e. The maximum atomic E-state index is 12.1. The zero-order chi connectivity index (χ0) is 22.6. The van der Waals surface area contributed by atoms with Gasteiger partial charge in [-0.2, -0.15) is 0 Å². The van der Waals surface area contributed by atoms with Crippen molar-refractivity contribution in [3.63, 3.8) is 0 Å². The van der Waals surface area contributed by atoms with Gasteiger partial charge in [0.2, 0.25) is 17.7 Å². The van der Waals surface area contributed by atoms with E-state index in [-0.39, 0.29) is 12.8 Å². The summed E-state index contributed by atoms with van der Waals surface area (Å²) in [5, 5.41) is 41.4. The Morgan fingerprint density at radius 3 is 1.76 bits per heavy atom. The third kappa shape index (κ3) is 11.2. The summed E-state index contributed by atoms with van der Waals surface area (Å²) in [7, 11) is 0. The maximum absolute atomic E-state index is 12.1. The van der Waals surface area contributed by atoms with Crippen molar-refractivity contribution >= 4 is 35.6 Å². The fraction of sp³-hybridized carbons (Fsp3) is 0.600. The number of aliphatic hydroxyl groups excluding tert-OH is 1. The van der Waals surface area contributed by atoms with Crippen LogP contribution in [0.2, 0.25) is 0 Å². The number of carbonyl (C=O) groups excluding carboxylic acids is 3. The molecule has 0 aliphatic heterocycles. The summed E-state index contributed by atoms with van der Waals surface area (Å²) in [4.78, 5) is 67.9. The summed E-state index contributed by atoms with van der Waals surface area (Å²) in [6.07, 6.45) is -1.70. The van der Waals surface area contributed by atoms with Crippen LogP contribution in [0.4, 0.5) is 0 Å². The zero-order valence-corrected chi connectivity index (χ0v) is 15.3. The van der Waals surface area contributed by atoms with E-state index in [1.54, 1.807) is 0 Å². The van der Waals surface area contributed by atoms with Gasteiger partial charge >= 0.3 is 17.9 Å². The Morgan fingerprint density at radius 1 is 0.793 bits per heavy atom. The first-order valence-corrected chi connectivity index (χ1v) is 8.38. The molecule has 3 amide bonds. The summed E-state index contributed by atoms with van der Waals surface area (Å²) in [6.45, 7) is -1.42. The van der Waals surface area contributed by atoms with Gasteiger partial charge in [-0.05, 0) is 12.8 Å². The number of hydrogen-bond donors (Lipinski definition) is 8. The number of nitrogens with two attached hydrogens (primary N) is 1. The van der Waals surface area contributed by atoms with Crippen LogP contribution in [-0.4, -0.2) is 87.3 Å². The summed E-state index contributed by atoms with van der Waals surface area (Å²) in [5.41, 5.74) is 5.30. The lowest BCUT2D eigenvalue weighted by molar-refractivity contribution is -0.143. The van der Waals surface area contributed by atoms with Gasteiger partial charge in [0.1, 0.15) is 18.1 Å². The van der Waals surface area contributed by atoms with Gasteiger partial charge in [0.05, 0.1) is 13.2 Å². The minimum absolute atomic E-state index is 0.330. The Labute approximate surface area is 164 Å². The fourth-order valence-electron chi connectivity index (χ4n) is 1.96. The zero-order valence-electron chi connectivity index (χ0n) is 15.3. The number of nitrogens with one attached hydrogen (secondary N) is 3. The lowest BCUT2D eigenvalue weighted by atomic mass is 10.1. The second-order valence-corrected chi connectivity index (χ2v) is 5.89. The lowest BCUT2D eigenvalue weighted by Gasteiger charge is -2.20. The van der Waals surface area contributed by atoms with Crippen LogP contribution < -0.4 is 21.7 Å². The van der Waals surface area contributed by atoms with E-state index >= 15 is 0 Å². The van der Waals surface area contributed by atoms with E-state index in [2.05, 4.69) is 10.6 Å². The molecule has 9 N–H and O–H groups in total. The molecule has 14 heteroatoms. The van der Waals surface area contributed by atoms with E-state index in [0.29, 0.717) is 0 Å². The quantitative estimate of drug-likeness (QED) is 0.135. The lowest BCUT2D eigenvalue weighted by Crippen LogP contribution is -2.54. The summed E-state index contributed by atoms with van der Waals surface area (Å²) >= 11 is 0. The molecule has 3 unspecified atom stereocenters. The molecule has 0 radical (unpaired) electrons. The first-order chi connectivity index (χ1) is 13.5. The number of aliphatic carboxylic acids is 3. The SMILES string of the molecule is NC(CO)C(=O)NC(CCC(=O)O)C(=O)NCC(=O)NC(CCC(=O)O)C(=O)O. The van der Waals surface area contributed by atoms with E-state index in [1.165, 1.54) is 0 Å². The molecule has 0 fully saturated rings. The number of hydrogen-bond acceptors (Lipinski definition) is 8. The van der Waals surface area contributed by atoms with Gasteiger partial charge < -0.3 is 42.1 Å². The van der Waals surface area contributed by atoms with Crippen molar-refractivity contribution in [2.75, 3.05) is 13.2 Å². The van der Waals surface area contributed by atoms with Crippen molar-refractivity contribution in [2.24, 2.45) is 5.73 Å². The number of amides is 3. The molecule has 0 saturated carbocycles. The van der Waals surface area contributed by atoms with Gasteiger partial charge in [0.25, 0.3) is 0 Å². The summed E-state index contributed by atoms with van der Waals surface area (Å²) in [6, 6.07) is -4.20. The predicted molar refractivity (Wildman–Crippen MR) is 93.3 cm³/mol. The topological polar surface area (TPSA) is 245 Å². The monoisotopic (exact) mass is 420 g/mol. The molecule has 29 heavy (non-hydrogen) atoms. The smallest absolute Gasteiger partial charge is 0.326 e. The highest BCUT2D eigenvalue weighted by Gasteiger charge is 2.25. The number of carboxylic acid groups (broad SMARTS) is 3. The molecule has 0 aromatic heterocycles. The Hall–Kier alpha value is -3.26. The molecular formula is C15H24N4O10. The highest BCUT2D eigenvalue weighted by molar-refractivity contribution is 5.92. The highest BCUT2D eigenvalue weighted by atomic mass is 16.4. The summed E-state index contributed by atoms with van der Waals surface area (Å²) in [5.74, 6) is -6.75. The molecule has 0 aromatic carbocycles. The van der Waals surface area contributed by atoms with Crippen LogP contribution in [0.1, 0.15) is 25.7 Å². The summed E-state index contributed by atoms with van der Waals surface area (Å²) < 4.78 is 0. The first-order valence-electron chi connectivity index (χ1n) is 8.38. The van der Waals surface area contributed by atoms with Gasteiger partial charge in [0.15, 0.2) is 0 Å². The first kappa shape index (κ1) is 25.7. The van der Waals surface area contributed by atoms with E-state index in [9.17, 15) is 28.8 Å². The average molecular weight is 420 g/mol. The van der Waals surface area contributed by atoms with E-state index in [4.69, 9.17) is 26.2 Å². The van der Waals surface area contributed by atoms with Crippen molar-refractivity contribution < 1.29 is 49.2 Å². The molecule has 0 spiro atoms. The highest BCUT2D eigenvalue weighted by Crippen LogP contribution is 2.00. The molecule has 0 rings (SSSR count). The third-order valence-corrected chi connectivity index (χ3v) is 3.52. The minimum atomic E-state index is -1.49. The molecular weight excluding hydrogens is 396 g/mol. The van der Waals surface area contributed by atoms with Gasteiger partial charge in [-0.25, -0.2) is 4.79 Å². The van der Waals surface area contributed by atoms with Crippen LogP contribution in [0.25, 0.3) is 0 Å². The Kier molecular flexibility index (Phi) is 11.5. The van der Waals surface area contributed by atoms with Gasteiger partial charge in [-0.1, -0.05) is 0 Å². The van der Waals surface area contributed by atoms with E-state index in [1.807, 2.05) is 5.32 Å². The molecule has 0 aliphatic rings. The fourth-order valence-corrected chi connectivity index (χ4v) is 1.96. The number of carboxylic acids is 3. The van der Waals surface area contributed by atoms with E-state index < -0.39 is 79.7 Å². The molecule has 0 saturated heterocycles. The predicted octanol–water partition coefficient (Wildman–Crippen LogP) is -3.79. The molecule has 0 aromatic rings. The Morgan fingerprint density at radius 2 is 1.31 bits per heavy atom. The van der Waals surface area contributed by atoms with Crippen molar-refractivity contribution in [3.05, 3.63) is 0 Å². The molecule has 0 heterocycles. The van der Waals surface area contributed by atoms with Crippen LogP contribution in [0.15, 0.2) is 0 Å². The van der Waals surface area contributed by atoms with Gasteiger partial charge in [0, 0.05) is 12.8 Å². The molecule has 164 valence electrons. The van der Waals surface area contributed by atoms with Crippen LogP contribution in [-0.2, 0) is 28.8 Å². The van der Waals surface area contributed by atoms with Crippen LogP contribution >= 0.6 is 0 Å². The normalized spacial score (nSPS) is 13.4. The van der Waals surface area contributed by atoms with Crippen molar-refractivity contribution in [1.29, 1.82) is 0 Å². The third-order valence-electron chi connectivity index (χ3n) is 3.52. The van der Waals surface area contributed by atoms with E-state index in [0.717, 1.165) is 0 Å². The maximum Gasteiger partial charge on any atom is 0.326 e. The van der Waals surface area contributed by atoms with Crippen LogP contribution in [0, 0.1) is 0 Å². The number of rotatable bonds is 14. The molecule has 0 bridgehead atoms. The number of aliphatic hydroxyl groups is 1. The molecule has 3 atom stereocenters. The van der Waals surface area contributed by atoms with Crippen LogP contribution in [0.3, 0.4) is 0 Å². The second-order valence-electron chi connectivity index (χ2n) is 5.89. The minimum Gasteiger partial charge on any atom is -0.481 e. The van der Waals surface area contributed by atoms with Gasteiger partial charge in [-0.3, -0.25) is 24.0 Å². The number of carbonyl (C=O) groups is 6. The average Bonchev–Trinajstić information content (AvgIpc) is 2.64. The Bertz CT molecular complexity index is 639. The van der Waals surface area contributed by atoms with Gasteiger partial charge in [-0.15, -0.1) is 0 Å². The molecule has 0 aliphatic carbocycles. The molecule has 14 nitrogen and oxygen atoms in total. The van der Waals surface area contributed by atoms with Crippen molar-refractivity contribution in [2.45, 2.75) is 43.8 Å².